The molecule has 0 heterocycles. The van der Waals surface area contributed by atoms with E-state index in [1.807, 2.05) is 12.1 Å². The SMILES string of the molecule is C=N/C=C(\C=NC)c1ccc(OC)c(CC)c1. The lowest BCUT2D eigenvalue weighted by Gasteiger charge is -2.09. The first-order valence-corrected chi connectivity index (χ1v) is 5.52. The summed E-state index contributed by atoms with van der Waals surface area (Å²) in [6.07, 6.45) is 4.40. The third kappa shape index (κ3) is 3.28. The number of hydrogen-bond donors (Lipinski definition) is 0. The summed E-state index contributed by atoms with van der Waals surface area (Å²) < 4.78 is 5.30. The lowest BCUT2D eigenvalue weighted by molar-refractivity contribution is 0.410. The molecule has 0 fully saturated rings. The largest absolute Gasteiger partial charge is 0.496 e. The van der Waals surface area contributed by atoms with Crippen molar-refractivity contribution >= 4 is 18.5 Å². The van der Waals surface area contributed by atoms with Crippen LogP contribution in [0.15, 0.2) is 34.4 Å². The van der Waals surface area contributed by atoms with E-state index in [0.29, 0.717) is 0 Å². The zero-order valence-corrected chi connectivity index (χ0v) is 10.6. The Hall–Kier alpha value is -1.90. The zero-order chi connectivity index (χ0) is 12.7. The Labute approximate surface area is 103 Å². The normalized spacial score (nSPS) is 11.8. The molecule has 0 saturated carbocycles. The lowest BCUT2D eigenvalue weighted by Crippen LogP contribution is -1.93. The Morgan fingerprint density at radius 1 is 1.47 bits per heavy atom. The lowest BCUT2D eigenvalue weighted by atomic mass is 10.0. The molecule has 90 valence electrons. The van der Waals surface area contributed by atoms with E-state index in [1.54, 1.807) is 26.6 Å². The second kappa shape index (κ2) is 6.63. The average Bonchev–Trinajstić information content (AvgIpc) is 2.37. The van der Waals surface area contributed by atoms with Crippen LogP contribution in [-0.2, 0) is 6.42 Å². The molecule has 0 N–H and O–H groups in total. The molecular weight excluding hydrogens is 212 g/mol. The van der Waals surface area contributed by atoms with Crippen molar-refractivity contribution in [2.75, 3.05) is 14.2 Å². The third-order valence-electron chi connectivity index (χ3n) is 2.49. The summed E-state index contributed by atoms with van der Waals surface area (Å²) in [4.78, 5) is 7.81. The van der Waals surface area contributed by atoms with Gasteiger partial charge in [-0.1, -0.05) is 13.0 Å². The molecule has 0 radical (unpaired) electrons. The molecule has 0 spiro atoms. The predicted molar refractivity (Wildman–Crippen MR) is 74.3 cm³/mol. The number of rotatable bonds is 5. The molecule has 0 saturated heterocycles. The highest BCUT2D eigenvalue weighted by atomic mass is 16.5. The molecule has 1 rings (SSSR count). The van der Waals surface area contributed by atoms with E-state index in [2.05, 4.69) is 29.7 Å². The smallest absolute Gasteiger partial charge is 0.122 e. The van der Waals surface area contributed by atoms with Gasteiger partial charge in [-0.2, -0.15) is 0 Å². The van der Waals surface area contributed by atoms with Gasteiger partial charge < -0.3 is 4.74 Å². The molecule has 0 unspecified atom stereocenters. The molecule has 1 aromatic carbocycles. The van der Waals surface area contributed by atoms with Gasteiger partial charge >= 0.3 is 0 Å². The Morgan fingerprint density at radius 3 is 2.76 bits per heavy atom. The van der Waals surface area contributed by atoms with Crippen LogP contribution < -0.4 is 4.74 Å². The van der Waals surface area contributed by atoms with Crippen molar-refractivity contribution in [1.29, 1.82) is 0 Å². The van der Waals surface area contributed by atoms with Crippen LogP contribution in [0.2, 0.25) is 0 Å². The van der Waals surface area contributed by atoms with Gasteiger partial charge in [-0.15, -0.1) is 0 Å². The molecule has 0 aromatic heterocycles. The predicted octanol–water partition coefficient (Wildman–Crippen LogP) is 3.00. The van der Waals surface area contributed by atoms with Crippen LogP contribution in [0.1, 0.15) is 18.1 Å². The van der Waals surface area contributed by atoms with Gasteiger partial charge in [-0.3, -0.25) is 9.98 Å². The number of allylic oxidation sites excluding steroid dienone is 1. The monoisotopic (exact) mass is 230 g/mol. The molecule has 0 bridgehead atoms. The van der Waals surface area contributed by atoms with Gasteiger partial charge in [-0.05, 0) is 36.4 Å². The summed E-state index contributed by atoms with van der Waals surface area (Å²) in [6, 6.07) is 6.06. The topological polar surface area (TPSA) is 34.0 Å². The summed E-state index contributed by atoms with van der Waals surface area (Å²) in [7, 11) is 3.42. The number of methoxy groups -OCH3 is 1. The molecule has 17 heavy (non-hydrogen) atoms. The van der Waals surface area contributed by atoms with Crippen molar-refractivity contribution in [3.05, 3.63) is 35.5 Å². The van der Waals surface area contributed by atoms with E-state index >= 15 is 0 Å². The second-order valence-corrected chi connectivity index (χ2v) is 3.53. The Morgan fingerprint density at radius 2 is 2.24 bits per heavy atom. The number of benzene rings is 1. The number of aryl methyl sites for hydroxylation is 1. The first-order chi connectivity index (χ1) is 8.26. The van der Waals surface area contributed by atoms with E-state index in [4.69, 9.17) is 4.74 Å². The number of hydrogen-bond acceptors (Lipinski definition) is 3. The van der Waals surface area contributed by atoms with Gasteiger partial charge in [0.2, 0.25) is 0 Å². The standard InChI is InChI=1S/C14H18N2O/c1-5-11-8-12(6-7-14(11)17-4)13(9-15-2)10-16-3/h6-10H,2,5H2,1,3-4H3/b13-9+,16-10?. The summed E-state index contributed by atoms with van der Waals surface area (Å²) in [6.45, 7) is 5.57. The molecule has 3 heteroatoms. The van der Waals surface area contributed by atoms with Crippen molar-refractivity contribution < 1.29 is 4.74 Å². The van der Waals surface area contributed by atoms with Gasteiger partial charge in [0.25, 0.3) is 0 Å². The van der Waals surface area contributed by atoms with Crippen molar-refractivity contribution in [2.45, 2.75) is 13.3 Å². The highest BCUT2D eigenvalue weighted by molar-refractivity contribution is 6.09. The quantitative estimate of drug-likeness (QED) is 0.716. The first-order valence-electron chi connectivity index (χ1n) is 5.52. The van der Waals surface area contributed by atoms with Crippen LogP contribution in [0, 0.1) is 0 Å². The molecule has 0 aliphatic carbocycles. The van der Waals surface area contributed by atoms with E-state index in [9.17, 15) is 0 Å². The fraction of sp³-hybridized carbons (Fsp3) is 0.286. The average molecular weight is 230 g/mol. The number of aliphatic imine (C=N–C) groups is 2. The van der Waals surface area contributed by atoms with Gasteiger partial charge in [0.05, 0.1) is 7.11 Å². The third-order valence-corrected chi connectivity index (χ3v) is 2.49. The molecule has 0 aliphatic heterocycles. The van der Waals surface area contributed by atoms with Crippen LogP contribution >= 0.6 is 0 Å². The molecule has 0 amide bonds. The Balaban J connectivity index is 3.21. The van der Waals surface area contributed by atoms with Gasteiger partial charge in [0.1, 0.15) is 5.75 Å². The Kier molecular flexibility index (Phi) is 5.14. The minimum atomic E-state index is 0.913. The molecule has 0 aliphatic rings. The maximum Gasteiger partial charge on any atom is 0.122 e. The summed E-state index contributed by atoms with van der Waals surface area (Å²) in [5, 5.41) is 0. The van der Waals surface area contributed by atoms with E-state index in [-0.39, 0.29) is 0 Å². The Bertz CT molecular complexity index is 448. The highest BCUT2D eigenvalue weighted by Crippen LogP contribution is 2.23. The molecule has 3 nitrogen and oxygen atoms in total. The van der Waals surface area contributed by atoms with Crippen molar-refractivity contribution in [1.82, 2.24) is 0 Å². The zero-order valence-electron chi connectivity index (χ0n) is 10.6. The fourth-order valence-corrected chi connectivity index (χ4v) is 1.65. The summed E-state index contributed by atoms with van der Waals surface area (Å²) >= 11 is 0. The van der Waals surface area contributed by atoms with E-state index in [0.717, 1.165) is 23.3 Å². The van der Waals surface area contributed by atoms with E-state index in [1.165, 1.54) is 5.56 Å². The van der Waals surface area contributed by atoms with Crippen molar-refractivity contribution in [2.24, 2.45) is 9.98 Å². The van der Waals surface area contributed by atoms with Gasteiger partial charge in [0.15, 0.2) is 0 Å². The van der Waals surface area contributed by atoms with Crippen molar-refractivity contribution in [3.63, 3.8) is 0 Å². The van der Waals surface area contributed by atoms with Gasteiger partial charge in [-0.25, -0.2) is 0 Å². The molecule has 1 aromatic rings. The first kappa shape index (κ1) is 13.2. The maximum atomic E-state index is 5.30. The highest BCUT2D eigenvalue weighted by Gasteiger charge is 2.05. The summed E-state index contributed by atoms with van der Waals surface area (Å²) in [5.41, 5.74) is 3.19. The maximum absolute atomic E-state index is 5.30. The van der Waals surface area contributed by atoms with Crippen LogP contribution in [0.3, 0.4) is 0 Å². The minimum Gasteiger partial charge on any atom is -0.496 e. The minimum absolute atomic E-state index is 0.913. The number of nitrogens with zero attached hydrogens (tertiary/aromatic N) is 2. The summed E-state index contributed by atoms with van der Waals surface area (Å²) in [5.74, 6) is 0.913. The second-order valence-electron chi connectivity index (χ2n) is 3.53. The molecule has 0 atom stereocenters. The van der Waals surface area contributed by atoms with Crippen LogP contribution in [0.5, 0.6) is 5.75 Å². The van der Waals surface area contributed by atoms with Crippen LogP contribution in [0.25, 0.3) is 5.57 Å². The van der Waals surface area contributed by atoms with Crippen LogP contribution in [-0.4, -0.2) is 27.1 Å². The molecular formula is C14H18N2O. The van der Waals surface area contributed by atoms with E-state index < -0.39 is 0 Å². The number of ether oxygens (including phenoxy) is 1. The fourth-order valence-electron chi connectivity index (χ4n) is 1.65. The van der Waals surface area contributed by atoms with Crippen molar-refractivity contribution in [3.8, 4) is 5.75 Å². The van der Waals surface area contributed by atoms with Gasteiger partial charge in [0, 0.05) is 25.0 Å². The van der Waals surface area contributed by atoms with Crippen LogP contribution in [0.4, 0.5) is 0 Å².